The van der Waals surface area contributed by atoms with E-state index in [0.29, 0.717) is 29.2 Å². The highest BCUT2D eigenvalue weighted by Crippen LogP contribution is 2.37. The Morgan fingerprint density at radius 3 is 2.49 bits per heavy atom. The molecule has 37 heavy (non-hydrogen) atoms. The van der Waals surface area contributed by atoms with Crippen LogP contribution in [0.5, 0.6) is 0 Å². The molecule has 1 N–H and O–H groups in total. The van der Waals surface area contributed by atoms with E-state index < -0.39 is 23.8 Å². The zero-order chi connectivity index (χ0) is 25.8. The zero-order valence-electron chi connectivity index (χ0n) is 21.3. The molecule has 1 aromatic heterocycles. The number of halogens is 2. The molecule has 2 aliphatic rings. The van der Waals surface area contributed by atoms with Crippen molar-refractivity contribution in [1.29, 1.82) is 0 Å². The molecule has 0 radical (unpaired) electrons. The molecular weight excluding hydrogens is 492 g/mol. The third-order valence-corrected chi connectivity index (χ3v) is 8.84. The van der Waals surface area contributed by atoms with Gasteiger partial charge in [-0.2, -0.15) is 11.8 Å². The summed E-state index contributed by atoms with van der Waals surface area (Å²) in [7, 11) is 1.60. The fourth-order valence-electron chi connectivity index (χ4n) is 5.81. The molecule has 0 spiro atoms. The van der Waals surface area contributed by atoms with Gasteiger partial charge in [-0.3, -0.25) is 4.79 Å². The summed E-state index contributed by atoms with van der Waals surface area (Å²) in [6, 6.07) is 11.5. The standard InChI is InChI=1S/C29H35F2N3O2S/c1-36-27(20-8-4-2-5-9-20)28-33-24-17-22(30)23(31)18-25(24)34(28)26(16-19-12-14-37-15-13-19)29(35)32-21-10-6-3-7-11-21/h2,4-5,8-9,17-19,21,26-27H,3,6-7,10-16H2,1H3,(H,32,35)/t26?,27-/m1/s1. The van der Waals surface area contributed by atoms with Crippen LogP contribution in [0.2, 0.25) is 0 Å². The largest absolute Gasteiger partial charge is 0.369 e. The van der Waals surface area contributed by atoms with Crippen molar-refractivity contribution in [1.82, 2.24) is 14.9 Å². The highest BCUT2D eigenvalue weighted by atomic mass is 32.2. The van der Waals surface area contributed by atoms with Crippen molar-refractivity contribution in [2.24, 2.45) is 5.92 Å². The number of methoxy groups -OCH3 is 1. The van der Waals surface area contributed by atoms with Crippen LogP contribution in [0.25, 0.3) is 11.0 Å². The molecule has 198 valence electrons. The number of carbonyl (C=O) groups is 1. The van der Waals surface area contributed by atoms with Gasteiger partial charge in [0.25, 0.3) is 0 Å². The van der Waals surface area contributed by atoms with Crippen molar-refractivity contribution in [2.45, 2.75) is 69.6 Å². The predicted octanol–water partition coefficient (Wildman–Crippen LogP) is 6.57. The number of nitrogens with one attached hydrogen (secondary N) is 1. The molecular formula is C29H35F2N3O2S. The smallest absolute Gasteiger partial charge is 0.243 e. The SMILES string of the molecule is CO[C@H](c1ccccc1)c1nc2cc(F)c(F)cc2n1C(CC1CCSCC1)C(=O)NC1CCCCC1. The molecule has 1 aliphatic heterocycles. The first-order chi connectivity index (χ1) is 18.0. The summed E-state index contributed by atoms with van der Waals surface area (Å²) in [4.78, 5) is 18.8. The van der Waals surface area contributed by atoms with Crippen LogP contribution in [0.1, 0.15) is 74.9 Å². The third-order valence-electron chi connectivity index (χ3n) is 7.79. The molecule has 5 nitrogen and oxygen atoms in total. The van der Waals surface area contributed by atoms with Gasteiger partial charge in [-0.15, -0.1) is 0 Å². The molecule has 1 amide bonds. The summed E-state index contributed by atoms with van der Waals surface area (Å²) in [5, 5.41) is 3.31. The van der Waals surface area contributed by atoms with Crippen molar-refractivity contribution in [3.63, 3.8) is 0 Å². The maximum Gasteiger partial charge on any atom is 0.243 e. The highest BCUT2D eigenvalue weighted by molar-refractivity contribution is 7.99. The second kappa shape index (κ2) is 11.9. The summed E-state index contributed by atoms with van der Waals surface area (Å²) in [5.41, 5.74) is 1.60. The van der Waals surface area contributed by atoms with E-state index in [1.54, 1.807) is 7.11 Å². The maximum absolute atomic E-state index is 14.6. The lowest BCUT2D eigenvalue weighted by Crippen LogP contribution is -2.42. The molecule has 1 saturated carbocycles. The predicted molar refractivity (Wildman–Crippen MR) is 144 cm³/mol. The number of ether oxygens (including phenoxy) is 1. The lowest BCUT2D eigenvalue weighted by atomic mass is 9.92. The Morgan fingerprint density at radius 1 is 1.08 bits per heavy atom. The van der Waals surface area contributed by atoms with E-state index in [1.165, 1.54) is 12.5 Å². The Balaban J connectivity index is 1.62. The molecule has 2 heterocycles. The molecule has 1 unspecified atom stereocenters. The number of thioether (sulfide) groups is 1. The van der Waals surface area contributed by atoms with Crippen molar-refractivity contribution in [2.75, 3.05) is 18.6 Å². The van der Waals surface area contributed by atoms with E-state index >= 15 is 0 Å². The Kier molecular flexibility index (Phi) is 8.45. The monoisotopic (exact) mass is 527 g/mol. The number of imidazole rings is 1. The average Bonchev–Trinajstić information content (AvgIpc) is 3.27. The van der Waals surface area contributed by atoms with Crippen LogP contribution in [0, 0.1) is 17.6 Å². The summed E-state index contributed by atoms with van der Waals surface area (Å²) in [6.45, 7) is 0. The van der Waals surface area contributed by atoms with Crippen LogP contribution in [0.15, 0.2) is 42.5 Å². The van der Waals surface area contributed by atoms with E-state index in [1.807, 2.05) is 46.7 Å². The van der Waals surface area contributed by atoms with E-state index in [4.69, 9.17) is 9.72 Å². The lowest BCUT2D eigenvalue weighted by Gasteiger charge is -2.31. The van der Waals surface area contributed by atoms with Gasteiger partial charge < -0.3 is 14.6 Å². The lowest BCUT2D eigenvalue weighted by molar-refractivity contribution is -0.125. The van der Waals surface area contributed by atoms with E-state index in [2.05, 4.69) is 5.32 Å². The quantitative estimate of drug-likeness (QED) is 0.360. The minimum atomic E-state index is -0.954. The number of amides is 1. The average molecular weight is 528 g/mol. The van der Waals surface area contributed by atoms with Crippen molar-refractivity contribution >= 4 is 28.7 Å². The normalized spacial score (nSPS) is 19.1. The van der Waals surface area contributed by atoms with Crippen LogP contribution in [-0.2, 0) is 9.53 Å². The molecule has 2 fully saturated rings. The molecule has 3 aromatic rings. The molecule has 1 aliphatic carbocycles. The number of benzene rings is 2. The van der Waals surface area contributed by atoms with Gasteiger partial charge in [0.05, 0.1) is 11.0 Å². The Hall–Kier alpha value is -2.45. The van der Waals surface area contributed by atoms with Crippen molar-refractivity contribution in [3.05, 3.63) is 65.5 Å². The van der Waals surface area contributed by atoms with E-state index in [-0.39, 0.29) is 11.9 Å². The van der Waals surface area contributed by atoms with Gasteiger partial charge in [-0.25, -0.2) is 13.8 Å². The first kappa shape index (κ1) is 26.2. The van der Waals surface area contributed by atoms with Crippen LogP contribution < -0.4 is 5.32 Å². The Labute approximate surface area is 221 Å². The van der Waals surface area contributed by atoms with Gasteiger partial charge in [-0.05, 0) is 55.1 Å². The van der Waals surface area contributed by atoms with Crippen molar-refractivity contribution in [3.8, 4) is 0 Å². The fraction of sp³-hybridized carbons (Fsp3) is 0.517. The number of aromatic nitrogens is 2. The summed E-state index contributed by atoms with van der Waals surface area (Å²) < 4.78 is 36.6. The Bertz CT molecular complexity index is 1210. The van der Waals surface area contributed by atoms with Gasteiger partial charge in [0.2, 0.25) is 5.91 Å². The number of carbonyl (C=O) groups excluding carboxylic acids is 1. The number of rotatable bonds is 8. The summed E-state index contributed by atoms with van der Waals surface area (Å²) in [5.74, 6) is 1.03. The minimum absolute atomic E-state index is 0.0710. The van der Waals surface area contributed by atoms with Crippen LogP contribution in [0.4, 0.5) is 8.78 Å². The van der Waals surface area contributed by atoms with E-state index in [9.17, 15) is 13.6 Å². The maximum atomic E-state index is 14.6. The van der Waals surface area contributed by atoms with Gasteiger partial charge in [-0.1, -0.05) is 49.6 Å². The first-order valence-electron chi connectivity index (χ1n) is 13.4. The highest BCUT2D eigenvalue weighted by Gasteiger charge is 2.34. The third kappa shape index (κ3) is 5.85. The topological polar surface area (TPSA) is 56.2 Å². The van der Waals surface area contributed by atoms with Gasteiger partial charge in [0.15, 0.2) is 11.6 Å². The fourth-order valence-corrected chi connectivity index (χ4v) is 7.02. The zero-order valence-corrected chi connectivity index (χ0v) is 22.1. The van der Waals surface area contributed by atoms with Crippen molar-refractivity contribution < 1.29 is 18.3 Å². The number of fused-ring (bicyclic) bond motifs is 1. The minimum Gasteiger partial charge on any atom is -0.369 e. The van der Waals surface area contributed by atoms with Crippen LogP contribution >= 0.6 is 11.8 Å². The Morgan fingerprint density at radius 2 is 1.78 bits per heavy atom. The molecule has 2 atom stereocenters. The van der Waals surface area contributed by atoms with E-state index in [0.717, 1.165) is 61.7 Å². The first-order valence-corrected chi connectivity index (χ1v) is 14.5. The number of nitrogens with zero attached hydrogens (tertiary/aromatic N) is 2. The number of hydrogen-bond donors (Lipinski definition) is 1. The van der Waals surface area contributed by atoms with Gasteiger partial charge in [0.1, 0.15) is 18.0 Å². The second-order valence-corrected chi connectivity index (χ2v) is 11.5. The summed E-state index contributed by atoms with van der Waals surface area (Å²) in [6.07, 6.45) is 7.47. The molecule has 8 heteroatoms. The molecule has 2 aromatic carbocycles. The summed E-state index contributed by atoms with van der Waals surface area (Å²) >= 11 is 1.94. The second-order valence-electron chi connectivity index (χ2n) is 10.3. The van der Waals surface area contributed by atoms with Gasteiger partial charge in [0, 0.05) is 25.3 Å². The molecule has 5 rings (SSSR count). The van der Waals surface area contributed by atoms with Crippen LogP contribution in [-0.4, -0.2) is 40.1 Å². The molecule has 1 saturated heterocycles. The van der Waals surface area contributed by atoms with Crippen LogP contribution in [0.3, 0.4) is 0 Å². The number of hydrogen-bond acceptors (Lipinski definition) is 4. The van der Waals surface area contributed by atoms with Gasteiger partial charge >= 0.3 is 0 Å². The molecule has 0 bridgehead atoms.